The van der Waals surface area contributed by atoms with Crippen LogP contribution >= 0.6 is 15.8 Å². The van der Waals surface area contributed by atoms with Crippen LogP contribution in [0.15, 0.2) is 267 Å². The van der Waals surface area contributed by atoms with Crippen molar-refractivity contribution < 1.29 is 19.1 Å². The highest BCUT2D eigenvalue weighted by atomic mass is 31.1. The summed E-state index contributed by atoms with van der Waals surface area (Å²) in [5, 5.41) is 17.2. The first kappa shape index (κ1) is 58.8. The summed E-state index contributed by atoms with van der Waals surface area (Å²) >= 11 is 0. The lowest BCUT2D eigenvalue weighted by Gasteiger charge is -2.25. The van der Waals surface area contributed by atoms with E-state index in [0.29, 0.717) is 6.61 Å². The Balaban J connectivity index is 0.000000192. The third kappa shape index (κ3) is 16.3. The number of ketones is 1. The van der Waals surface area contributed by atoms with Crippen LogP contribution in [-0.2, 0) is 14.3 Å². The number of ether oxygens (including phenoxy) is 2. The minimum atomic E-state index is -0.795. The van der Waals surface area contributed by atoms with Crippen molar-refractivity contribution in [1.82, 2.24) is 9.97 Å². The second-order valence-electron chi connectivity index (χ2n) is 18.0. The first-order valence-electron chi connectivity index (χ1n) is 26.6. The molecule has 0 spiro atoms. The van der Waals surface area contributed by atoms with Crippen molar-refractivity contribution in [2.45, 2.75) is 47.5 Å². The first-order chi connectivity index (χ1) is 39.3. The molecule has 0 aliphatic carbocycles. The number of pyridine rings is 2. The number of fused-ring (bicyclic) bond motifs is 3. The SMILES string of the molecule is CC#N.CCCC(C)=O.CCOC(C)=O.c1ccc(-c2ccnc3c2ccc2c(-c4ccccc4)ccnc23)cc1.c1ccc(P(c2ccccc2)c2ccccc2Oc2ccccc2P(c2ccccc2)c2ccccc2)cc1. The summed E-state index contributed by atoms with van der Waals surface area (Å²) in [7, 11) is -1.59. The normalized spacial score (nSPS) is 10.3. The minimum Gasteiger partial charge on any atom is -0.466 e. The summed E-state index contributed by atoms with van der Waals surface area (Å²) in [4.78, 5) is 29.2. The van der Waals surface area contributed by atoms with Crippen LogP contribution in [0, 0.1) is 11.3 Å². The summed E-state index contributed by atoms with van der Waals surface area (Å²) in [6.45, 7) is 8.70. The van der Waals surface area contributed by atoms with E-state index in [1.165, 1.54) is 67.9 Å². The van der Waals surface area contributed by atoms with Crippen molar-refractivity contribution in [2.24, 2.45) is 0 Å². The molecule has 0 fully saturated rings. The van der Waals surface area contributed by atoms with E-state index >= 15 is 0 Å². The van der Waals surface area contributed by atoms with Gasteiger partial charge in [-0.2, -0.15) is 5.26 Å². The molecule has 0 bridgehead atoms. The zero-order chi connectivity index (χ0) is 56.3. The molecular formula is C71H65N3O4P2. The molecule has 398 valence electrons. The molecule has 7 nitrogen and oxygen atoms in total. The van der Waals surface area contributed by atoms with Crippen molar-refractivity contribution in [1.29, 1.82) is 5.26 Å². The van der Waals surface area contributed by atoms with Crippen LogP contribution in [0.4, 0.5) is 0 Å². The van der Waals surface area contributed by atoms with E-state index < -0.39 is 15.8 Å². The molecule has 0 amide bonds. The number of hydrogen-bond donors (Lipinski definition) is 0. The van der Waals surface area contributed by atoms with E-state index in [9.17, 15) is 9.59 Å². The van der Waals surface area contributed by atoms with Gasteiger partial charge in [-0.1, -0.05) is 237 Å². The molecule has 9 heteroatoms. The van der Waals surface area contributed by atoms with Gasteiger partial charge in [0.2, 0.25) is 0 Å². The lowest BCUT2D eigenvalue weighted by molar-refractivity contribution is -0.140. The summed E-state index contributed by atoms with van der Waals surface area (Å²) in [5.74, 6) is 1.88. The highest BCUT2D eigenvalue weighted by molar-refractivity contribution is 7.80. The molecule has 0 atom stereocenters. The molecule has 0 unspecified atom stereocenters. The van der Waals surface area contributed by atoms with Gasteiger partial charge < -0.3 is 14.3 Å². The number of hydrogen-bond acceptors (Lipinski definition) is 7. The summed E-state index contributed by atoms with van der Waals surface area (Å²) in [6.07, 6.45) is 5.47. The van der Waals surface area contributed by atoms with Crippen LogP contribution in [0.3, 0.4) is 0 Å². The van der Waals surface area contributed by atoms with Gasteiger partial charge in [-0.15, -0.1) is 0 Å². The first-order valence-corrected chi connectivity index (χ1v) is 29.3. The minimum absolute atomic E-state index is 0.211. The van der Waals surface area contributed by atoms with Gasteiger partial charge in [-0.05, 0) is 104 Å². The van der Waals surface area contributed by atoms with E-state index in [0.717, 1.165) is 46.1 Å². The molecule has 0 aliphatic heterocycles. The Kier molecular flexibility index (Phi) is 23.1. The van der Waals surface area contributed by atoms with Gasteiger partial charge in [-0.3, -0.25) is 14.8 Å². The predicted molar refractivity (Wildman–Crippen MR) is 337 cm³/mol. The Morgan fingerprint density at radius 1 is 0.450 bits per heavy atom. The topological polar surface area (TPSA) is 102 Å². The fourth-order valence-corrected chi connectivity index (χ4v) is 13.6. The number of aromatic nitrogens is 2. The van der Waals surface area contributed by atoms with Gasteiger partial charge in [0.25, 0.3) is 0 Å². The lowest BCUT2D eigenvalue weighted by atomic mass is 9.97. The Hall–Kier alpha value is -8.91. The van der Waals surface area contributed by atoms with Crippen LogP contribution in [0.2, 0.25) is 0 Å². The zero-order valence-electron chi connectivity index (χ0n) is 45.9. The number of para-hydroxylation sites is 2. The van der Waals surface area contributed by atoms with E-state index in [1.54, 1.807) is 19.9 Å². The number of nitriles is 1. The molecule has 0 radical (unpaired) electrons. The average molecular weight is 1090 g/mol. The maximum Gasteiger partial charge on any atom is 0.302 e. The Morgan fingerprint density at radius 2 is 0.762 bits per heavy atom. The Bertz CT molecular complexity index is 3380. The maximum atomic E-state index is 10.0. The van der Waals surface area contributed by atoms with Crippen LogP contribution in [0.5, 0.6) is 11.5 Å². The summed E-state index contributed by atoms with van der Waals surface area (Å²) in [6, 6.07) is 91.3. The standard InChI is InChI=1S/C36H28OP2.C24H16N2.C5H10O.C4H8O2.C2H3N/c1-5-17-29(18-6-1)38(30-19-7-2-8-20-30)35-27-15-13-25-33(35)37-34-26-14-16-28-36(34)39(31-21-9-3-10-22-31)32-23-11-4-12-24-32;1-3-7-17(8-4-1)19-13-15-25-23-21(19)11-12-22-20(14-16-26-24(22)23)18-9-5-2-6-10-18;1-3-4-5(2)6;1-3-6-4(2)5;1-2-3/h1-28H;1-16H;3-4H2,1-2H3;3H2,1-2H3;1H3. The molecule has 2 aromatic heterocycles. The van der Waals surface area contributed by atoms with Gasteiger partial charge in [0.05, 0.1) is 23.7 Å². The van der Waals surface area contributed by atoms with Crippen LogP contribution in [-0.4, -0.2) is 28.3 Å². The molecule has 0 aliphatic rings. The second-order valence-corrected chi connectivity index (χ2v) is 22.3. The number of esters is 1. The van der Waals surface area contributed by atoms with E-state index in [1.807, 2.05) is 31.5 Å². The number of rotatable bonds is 13. The predicted octanol–water partition coefficient (Wildman–Crippen LogP) is 15.6. The van der Waals surface area contributed by atoms with Gasteiger partial charge >= 0.3 is 5.97 Å². The highest BCUT2D eigenvalue weighted by Gasteiger charge is 2.24. The molecule has 2 heterocycles. The Morgan fingerprint density at radius 3 is 1.04 bits per heavy atom. The van der Waals surface area contributed by atoms with Crippen molar-refractivity contribution >= 4 is 81.2 Å². The van der Waals surface area contributed by atoms with Crippen molar-refractivity contribution in [2.75, 3.05) is 6.61 Å². The highest BCUT2D eigenvalue weighted by Crippen LogP contribution is 2.41. The van der Waals surface area contributed by atoms with Crippen molar-refractivity contribution in [3.05, 3.63) is 267 Å². The lowest BCUT2D eigenvalue weighted by Crippen LogP contribution is -2.23. The van der Waals surface area contributed by atoms with E-state index in [4.69, 9.17) is 10.00 Å². The maximum absolute atomic E-state index is 10.0. The molecule has 0 saturated heterocycles. The van der Waals surface area contributed by atoms with Gasteiger partial charge in [0, 0.05) is 54.0 Å². The quantitative estimate of drug-likeness (QED) is 0.0644. The molecule has 11 rings (SSSR count). The van der Waals surface area contributed by atoms with Crippen LogP contribution in [0.1, 0.15) is 47.5 Å². The van der Waals surface area contributed by atoms with Crippen LogP contribution in [0.25, 0.3) is 44.1 Å². The van der Waals surface area contributed by atoms with Gasteiger partial charge in [0.1, 0.15) is 17.3 Å². The monoisotopic (exact) mass is 1090 g/mol. The Labute approximate surface area is 474 Å². The third-order valence-electron chi connectivity index (χ3n) is 12.2. The summed E-state index contributed by atoms with van der Waals surface area (Å²) in [5.41, 5.74) is 6.65. The van der Waals surface area contributed by atoms with Gasteiger partial charge in [-0.25, -0.2) is 0 Å². The van der Waals surface area contributed by atoms with Crippen molar-refractivity contribution in [3.63, 3.8) is 0 Å². The fraction of sp³-hybridized carbons (Fsp3) is 0.113. The van der Waals surface area contributed by atoms with Gasteiger partial charge in [0.15, 0.2) is 0 Å². The largest absolute Gasteiger partial charge is 0.466 e. The van der Waals surface area contributed by atoms with E-state index in [2.05, 4.69) is 257 Å². The molecule has 0 saturated carbocycles. The third-order valence-corrected chi connectivity index (χ3v) is 17.2. The number of carbonyl (C=O) groups excluding carboxylic acids is 2. The number of nitrogens with zero attached hydrogens (tertiary/aromatic N) is 3. The fourth-order valence-electron chi connectivity index (χ4n) is 8.86. The van der Waals surface area contributed by atoms with Crippen molar-refractivity contribution in [3.8, 4) is 39.8 Å². The zero-order valence-corrected chi connectivity index (χ0v) is 47.7. The number of Topliss-reactive ketones (excluding diaryl/α,β-unsaturated/α-hetero) is 1. The molecule has 80 heavy (non-hydrogen) atoms. The number of benzene rings is 9. The second kappa shape index (κ2) is 31.5. The van der Waals surface area contributed by atoms with Crippen LogP contribution < -0.4 is 36.6 Å². The molecule has 0 N–H and O–H groups in total. The smallest absolute Gasteiger partial charge is 0.302 e. The molecular weight excluding hydrogens is 1020 g/mol. The molecule has 11 aromatic rings. The summed E-state index contributed by atoms with van der Waals surface area (Å²) < 4.78 is 11.3. The molecule has 9 aromatic carbocycles. The number of carbonyl (C=O) groups is 2. The van der Waals surface area contributed by atoms with E-state index in [-0.39, 0.29) is 11.8 Å². The average Bonchev–Trinajstić information content (AvgIpc) is 3.61.